The molecule has 0 saturated carbocycles. The van der Waals surface area contributed by atoms with E-state index >= 15 is 0 Å². The number of nitrogens with zero attached hydrogens (tertiary/aromatic N) is 2. The Balaban J connectivity index is 2.43. The van der Waals surface area contributed by atoms with Gasteiger partial charge in [-0.15, -0.1) is 0 Å². The molecule has 152 valence electrons. The monoisotopic (exact) mass is 462 g/mol. The van der Waals surface area contributed by atoms with Gasteiger partial charge in [0.05, 0.1) is 5.69 Å². The lowest BCUT2D eigenvalue weighted by Crippen LogP contribution is -2.40. The van der Waals surface area contributed by atoms with Gasteiger partial charge in [-0.05, 0) is 36.8 Å². The molecule has 1 atom stereocenters. The van der Waals surface area contributed by atoms with Crippen LogP contribution >= 0.6 is 15.9 Å². The van der Waals surface area contributed by atoms with Crippen LogP contribution in [0.4, 0.5) is 5.69 Å². The van der Waals surface area contributed by atoms with Crippen LogP contribution in [-0.2, 0) is 14.4 Å². The van der Waals surface area contributed by atoms with E-state index in [0.717, 1.165) is 4.90 Å². The minimum Gasteiger partial charge on any atom is -0.480 e. The molecule has 0 aliphatic carbocycles. The zero-order chi connectivity index (χ0) is 21.6. The number of hydrogen-bond acceptors (Lipinski definition) is 6. The van der Waals surface area contributed by atoms with Gasteiger partial charge in [-0.3, -0.25) is 24.2 Å². The van der Waals surface area contributed by atoms with Gasteiger partial charge in [-0.1, -0.05) is 22.0 Å². The first-order chi connectivity index (χ1) is 13.7. The van der Waals surface area contributed by atoms with Crippen LogP contribution in [0.25, 0.3) is 0 Å². The molecule has 0 saturated heterocycles. The zero-order valence-corrected chi connectivity index (χ0v) is 16.8. The molecule has 0 bridgehead atoms. The van der Waals surface area contributed by atoms with Crippen molar-refractivity contribution in [1.29, 1.82) is 0 Å². The standard InChI is InChI=1S/C19H19BrN4O5/c20-11-4-6-15(12(9-11)18(27)14-3-1-2-8-23-14)24(10-16(22)25)17(26)7-5-13(21)19(28)29/h1-4,6,8-9,13H,5,7,10,21H2,(H2,22,25)(H,28,29)/t13-/m0/s1. The molecular formula is C19H19BrN4O5. The van der Waals surface area contributed by atoms with Crippen molar-refractivity contribution in [3.05, 3.63) is 58.3 Å². The molecule has 29 heavy (non-hydrogen) atoms. The number of benzene rings is 1. The zero-order valence-electron chi connectivity index (χ0n) is 15.2. The molecule has 1 aromatic heterocycles. The number of amides is 2. The number of carboxylic acid groups (broad SMARTS) is 1. The second kappa shape index (κ2) is 9.89. The molecule has 1 heterocycles. The third-order valence-electron chi connectivity index (χ3n) is 3.99. The summed E-state index contributed by atoms with van der Waals surface area (Å²) in [5, 5.41) is 8.89. The number of primary amides is 1. The first kappa shape index (κ1) is 22.2. The highest BCUT2D eigenvalue weighted by Crippen LogP contribution is 2.27. The first-order valence-electron chi connectivity index (χ1n) is 8.53. The van der Waals surface area contributed by atoms with Gasteiger partial charge >= 0.3 is 5.97 Å². The van der Waals surface area contributed by atoms with Crippen LogP contribution in [0, 0.1) is 0 Å². The molecule has 10 heteroatoms. The van der Waals surface area contributed by atoms with Crippen molar-refractivity contribution in [2.24, 2.45) is 11.5 Å². The van der Waals surface area contributed by atoms with E-state index in [4.69, 9.17) is 16.6 Å². The number of rotatable bonds is 9. The molecule has 5 N–H and O–H groups in total. The predicted octanol–water partition coefficient (Wildman–Crippen LogP) is 1.09. The fraction of sp³-hybridized carbons (Fsp3) is 0.211. The fourth-order valence-corrected chi connectivity index (χ4v) is 2.92. The number of anilines is 1. The quantitative estimate of drug-likeness (QED) is 0.470. The van der Waals surface area contributed by atoms with E-state index in [1.165, 1.54) is 24.4 Å². The van der Waals surface area contributed by atoms with E-state index in [-0.39, 0.29) is 29.8 Å². The Morgan fingerprint density at radius 3 is 2.48 bits per heavy atom. The minimum absolute atomic E-state index is 0.134. The van der Waals surface area contributed by atoms with Crippen molar-refractivity contribution in [3.8, 4) is 0 Å². The number of aliphatic carboxylic acids is 1. The lowest BCUT2D eigenvalue weighted by molar-refractivity contribution is -0.138. The molecular weight excluding hydrogens is 444 g/mol. The van der Waals surface area contributed by atoms with Crippen molar-refractivity contribution in [1.82, 2.24) is 4.98 Å². The minimum atomic E-state index is -1.24. The molecule has 2 rings (SSSR count). The predicted molar refractivity (Wildman–Crippen MR) is 108 cm³/mol. The molecule has 0 spiro atoms. The number of carbonyl (C=O) groups is 4. The fourth-order valence-electron chi connectivity index (χ4n) is 2.56. The van der Waals surface area contributed by atoms with Gasteiger partial charge in [0.25, 0.3) is 0 Å². The summed E-state index contributed by atoms with van der Waals surface area (Å²) in [6.07, 6.45) is 1.09. The second-order valence-electron chi connectivity index (χ2n) is 6.14. The summed E-state index contributed by atoms with van der Waals surface area (Å²) in [5.41, 5.74) is 11.2. The van der Waals surface area contributed by atoms with E-state index in [0.29, 0.717) is 4.47 Å². The van der Waals surface area contributed by atoms with Crippen LogP contribution in [0.2, 0.25) is 0 Å². The van der Waals surface area contributed by atoms with Crippen LogP contribution in [-0.4, -0.2) is 46.2 Å². The molecule has 0 fully saturated rings. The molecule has 9 nitrogen and oxygen atoms in total. The number of carbonyl (C=O) groups excluding carboxylic acids is 3. The van der Waals surface area contributed by atoms with Crippen LogP contribution in [0.3, 0.4) is 0 Å². The van der Waals surface area contributed by atoms with E-state index in [9.17, 15) is 19.2 Å². The Kier molecular flexibility index (Phi) is 7.57. The van der Waals surface area contributed by atoms with Gasteiger partial charge in [0.1, 0.15) is 18.3 Å². The summed E-state index contributed by atoms with van der Waals surface area (Å²) < 4.78 is 0.583. The Hall–Kier alpha value is -3.11. The van der Waals surface area contributed by atoms with Crippen molar-refractivity contribution in [2.45, 2.75) is 18.9 Å². The average Bonchev–Trinajstić information content (AvgIpc) is 2.70. The molecule has 0 aliphatic heterocycles. The maximum absolute atomic E-state index is 13.0. The first-order valence-corrected chi connectivity index (χ1v) is 9.32. The van der Waals surface area contributed by atoms with Crippen molar-refractivity contribution >= 4 is 45.2 Å². The average molecular weight is 463 g/mol. The summed E-state index contributed by atoms with van der Waals surface area (Å²) in [6.45, 7) is -0.481. The van der Waals surface area contributed by atoms with Crippen molar-refractivity contribution in [3.63, 3.8) is 0 Å². The number of carboxylic acids is 1. The summed E-state index contributed by atoms with van der Waals surface area (Å²) in [5.74, 6) is -3.07. The molecule has 1 aromatic carbocycles. The van der Waals surface area contributed by atoms with E-state index in [2.05, 4.69) is 20.9 Å². The molecule has 2 amide bonds. The SMILES string of the molecule is NC(=O)CN(C(=O)CC[C@H](N)C(=O)O)c1ccc(Br)cc1C(=O)c1ccccn1. The van der Waals surface area contributed by atoms with Crippen LogP contribution in [0.15, 0.2) is 47.1 Å². The van der Waals surface area contributed by atoms with Gasteiger partial charge in [0.15, 0.2) is 0 Å². The summed E-state index contributed by atoms with van der Waals surface area (Å²) in [6, 6.07) is 8.22. The Labute approximate surface area is 174 Å². The number of hydrogen-bond donors (Lipinski definition) is 3. The number of nitrogens with two attached hydrogens (primary N) is 2. The topological polar surface area (TPSA) is 157 Å². The van der Waals surface area contributed by atoms with Gasteiger partial charge < -0.3 is 21.5 Å². The molecule has 0 unspecified atom stereocenters. The van der Waals surface area contributed by atoms with Gasteiger partial charge in [-0.2, -0.15) is 0 Å². The number of aromatic nitrogens is 1. The summed E-state index contributed by atoms with van der Waals surface area (Å²) in [4.78, 5) is 53.2. The summed E-state index contributed by atoms with van der Waals surface area (Å²) in [7, 11) is 0. The highest BCUT2D eigenvalue weighted by Gasteiger charge is 2.25. The van der Waals surface area contributed by atoms with Gasteiger partial charge in [-0.25, -0.2) is 0 Å². The highest BCUT2D eigenvalue weighted by atomic mass is 79.9. The normalized spacial score (nSPS) is 11.5. The highest BCUT2D eigenvalue weighted by molar-refractivity contribution is 9.10. The van der Waals surface area contributed by atoms with Gasteiger partial charge in [0, 0.05) is 22.7 Å². The lowest BCUT2D eigenvalue weighted by Gasteiger charge is -2.24. The Bertz CT molecular complexity index is 935. The van der Waals surface area contributed by atoms with E-state index < -0.39 is 36.2 Å². The van der Waals surface area contributed by atoms with Crippen LogP contribution in [0.5, 0.6) is 0 Å². The number of halogens is 1. The third kappa shape index (κ3) is 5.93. The van der Waals surface area contributed by atoms with Crippen molar-refractivity contribution in [2.75, 3.05) is 11.4 Å². The smallest absolute Gasteiger partial charge is 0.320 e. The molecule has 0 aliphatic rings. The summed E-state index contributed by atoms with van der Waals surface area (Å²) >= 11 is 3.29. The van der Waals surface area contributed by atoms with E-state index in [1.807, 2.05) is 0 Å². The van der Waals surface area contributed by atoms with Crippen molar-refractivity contribution < 1.29 is 24.3 Å². The maximum atomic E-state index is 13.0. The lowest BCUT2D eigenvalue weighted by atomic mass is 10.0. The number of pyridine rings is 1. The van der Waals surface area contributed by atoms with E-state index in [1.54, 1.807) is 18.2 Å². The van der Waals surface area contributed by atoms with Crippen LogP contribution < -0.4 is 16.4 Å². The maximum Gasteiger partial charge on any atom is 0.320 e. The molecule has 0 radical (unpaired) electrons. The second-order valence-corrected chi connectivity index (χ2v) is 7.05. The largest absolute Gasteiger partial charge is 0.480 e. The third-order valence-corrected chi connectivity index (χ3v) is 4.49. The van der Waals surface area contributed by atoms with Gasteiger partial charge in [0.2, 0.25) is 17.6 Å². The number of ketones is 1. The Morgan fingerprint density at radius 1 is 1.17 bits per heavy atom. The Morgan fingerprint density at radius 2 is 1.90 bits per heavy atom. The van der Waals surface area contributed by atoms with Crippen LogP contribution in [0.1, 0.15) is 28.9 Å². The molecule has 2 aromatic rings.